The highest BCUT2D eigenvalue weighted by molar-refractivity contribution is 5.19. The van der Waals surface area contributed by atoms with Crippen LogP contribution in [0.15, 0.2) is 35.8 Å². The molecule has 0 aromatic carbocycles. The number of ether oxygens (including phenoxy) is 3. The molecule has 0 aromatic heterocycles. The van der Waals surface area contributed by atoms with Gasteiger partial charge in [0.15, 0.2) is 11.5 Å². The van der Waals surface area contributed by atoms with E-state index in [9.17, 15) is 5.11 Å². The van der Waals surface area contributed by atoms with Gasteiger partial charge in [0.25, 0.3) is 0 Å². The summed E-state index contributed by atoms with van der Waals surface area (Å²) in [7, 11) is 6.46. The molecule has 1 N–H and O–H groups in total. The number of hydrogen-bond acceptors (Lipinski definition) is 5. The van der Waals surface area contributed by atoms with Crippen LogP contribution in [-0.2, 0) is 14.2 Å². The van der Waals surface area contributed by atoms with Gasteiger partial charge in [0.1, 0.15) is 0 Å². The standard InChI is InChI=1S/C12H20O2.C11H23NO.C3H8.C2H6O/c1-6-7-10(2)8-9-12(14-5)11(3)13-4;1-3-5-10(6-4-2)12-8-7-11(13)9-12;2*1-3-2/h7,9H,3,6,8H2,1-2,4-5H3;10-11,13H,3-9H2,1-2H3;3H2,1-2H3;1-2H3/b10-7-,12-9+;;;/t;11-;;/m.1../s1. The maximum absolute atomic E-state index is 9.44. The molecular weight excluding hydrogens is 414 g/mol. The van der Waals surface area contributed by atoms with Crippen LogP contribution < -0.4 is 0 Å². The number of aliphatic hydroxyl groups excluding tert-OH is 1. The molecule has 0 saturated carbocycles. The first-order chi connectivity index (χ1) is 15.8. The third-order valence-corrected chi connectivity index (χ3v) is 4.86. The van der Waals surface area contributed by atoms with Crippen LogP contribution in [0.1, 0.15) is 92.9 Å². The lowest BCUT2D eigenvalue weighted by Gasteiger charge is -2.26. The zero-order valence-electron chi connectivity index (χ0n) is 23.7. The number of aliphatic hydroxyl groups is 1. The molecule has 0 unspecified atom stereocenters. The first kappa shape index (κ1) is 36.3. The number of hydrogen-bond donors (Lipinski definition) is 1. The van der Waals surface area contributed by atoms with Gasteiger partial charge in [0.05, 0.1) is 20.3 Å². The Hall–Kier alpha value is -1.30. The highest BCUT2D eigenvalue weighted by atomic mass is 16.5. The molecule has 1 aliphatic heterocycles. The molecule has 5 heteroatoms. The van der Waals surface area contributed by atoms with Gasteiger partial charge in [-0.3, -0.25) is 4.90 Å². The fraction of sp³-hybridized carbons (Fsp3) is 0.786. The van der Waals surface area contributed by atoms with Crippen LogP contribution in [0.4, 0.5) is 0 Å². The van der Waals surface area contributed by atoms with E-state index in [1.54, 1.807) is 28.4 Å². The maximum atomic E-state index is 9.44. The van der Waals surface area contributed by atoms with Crippen LogP contribution in [0.2, 0.25) is 0 Å². The van der Waals surface area contributed by atoms with E-state index in [4.69, 9.17) is 9.47 Å². The number of nitrogens with zero attached hydrogens (tertiary/aromatic N) is 1. The molecule has 0 aromatic rings. The minimum atomic E-state index is -0.0591. The van der Waals surface area contributed by atoms with Crippen molar-refractivity contribution < 1.29 is 19.3 Å². The van der Waals surface area contributed by atoms with Gasteiger partial charge < -0.3 is 19.3 Å². The molecule has 1 rings (SSSR count). The number of methoxy groups -OCH3 is 3. The number of rotatable bonds is 11. The van der Waals surface area contributed by atoms with E-state index in [1.165, 1.54) is 37.7 Å². The van der Waals surface area contributed by atoms with Gasteiger partial charge in [-0.25, -0.2) is 0 Å². The summed E-state index contributed by atoms with van der Waals surface area (Å²) < 4.78 is 14.4. The summed E-state index contributed by atoms with van der Waals surface area (Å²) in [4.78, 5) is 2.47. The van der Waals surface area contributed by atoms with Crippen LogP contribution >= 0.6 is 0 Å². The number of allylic oxidation sites excluding steroid dienone is 3. The largest absolute Gasteiger partial charge is 0.494 e. The van der Waals surface area contributed by atoms with Crippen LogP contribution in [-0.4, -0.2) is 63.7 Å². The first-order valence-electron chi connectivity index (χ1n) is 12.7. The summed E-state index contributed by atoms with van der Waals surface area (Å²) in [6.07, 6.45) is 13.4. The van der Waals surface area contributed by atoms with Crippen LogP contribution in [0.25, 0.3) is 0 Å². The summed E-state index contributed by atoms with van der Waals surface area (Å²) in [5.41, 5.74) is 1.32. The van der Waals surface area contributed by atoms with Crippen LogP contribution in [0.3, 0.4) is 0 Å². The molecule has 1 atom stereocenters. The molecule has 1 aliphatic rings. The molecule has 0 bridgehead atoms. The third kappa shape index (κ3) is 22.3. The average Bonchev–Trinajstić information content (AvgIpc) is 3.22. The summed E-state index contributed by atoms with van der Waals surface area (Å²) in [6.45, 7) is 18.7. The Labute approximate surface area is 206 Å². The van der Waals surface area contributed by atoms with Crippen molar-refractivity contribution in [3.8, 4) is 0 Å². The first-order valence-corrected chi connectivity index (χ1v) is 12.7. The Kier molecular flexibility index (Phi) is 29.6. The topological polar surface area (TPSA) is 51.2 Å². The number of likely N-dealkylation sites (tertiary alicyclic amines) is 1. The van der Waals surface area contributed by atoms with Gasteiger partial charge in [-0.1, -0.05) is 72.1 Å². The van der Waals surface area contributed by atoms with Crippen molar-refractivity contribution in [1.29, 1.82) is 0 Å². The fourth-order valence-corrected chi connectivity index (χ4v) is 3.37. The summed E-state index contributed by atoms with van der Waals surface area (Å²) >= 11 is 0. The van der Waals surface area contributed by atoms with Crippen LogP contribution in [0, 0.1) is 0 Å². The predicted molar refractivity (Wildman–Crippen MR) is 145 cm³/mol. The molecule has 5 nitrogen and oxygen atoms in total. The van der Waals surface area contributed by atoms with E-state index in [0.717, 1.165) is 38.4 Å². The SMILES string of the molecule is C=C(OC)/C(=C\C/C(C)=C\CC)OC.CCC.CCCC(CCC)N1CC[C@@H](O)C1.COC. The molecule has 0 spiro atoms. The van der Waals surface area contributed by atoms with E-state index in [2.05, 4.69) is 63.8 Å². The molecule has 1 heterocycles. The minimum absolute atomic E-state index is 0.0591. The second-order valence-corrected chi connectivity index (χ2v) is 8.35. The highest BCUT2D eigenvalue weighted by Crippen LogP contribution is 2.19. The van der Waals surface area contributed by atoms with E-state index in [0.29, 0.717) is 11.5 Å². The lowest BCUT2D eigenvalue weighted by Crippen LogP contribution is -2.33. The van der Waals surface area contributed by atoms with Gasteiger partial charge in [0, 0.05) is 33.4 Å². The lowest BCUT2D eigenvalue weighted by molar-refractivity contribution is 0.151. The van der Waals surface area contributed by atoms with Crippen molar-refractivity contribution in [3.05, 3.63) is 35.8 Å². The van der Waals surface area contributed by atoms with Crippen molar-refractivity contribution >= 4 is 0 Å². The van der Waals surface area contributed by atoms with Gasteiger partial charge in [0.2, 0.25) is 0 Å². The van der Waals surface area contributed by atoms with E-state index < -0.39 is 0 Å². The molecule has 1 fully saturated rings. The Balaban J connectivity index is -0.000000440. The van der Waals surface area contributed by atoms with E-state index in [1.807, 2.05) is 6.08 Å². The smallest absolute Gasteiger partial charge is 0.156 e. The van der Waals surface area contributed by atoms with E-state index in [-0.39, 0.29) is 6.10 Å². The zero-order chi connectivity index (χ0) is 26.1. The average molecular weight is 472 g/mol. The highest BCUT2D eigenvalue weighted by Gasteiger charge is 2.25. The molecule has 0 amide bonds. The van der Waals surface area contributed by atoms with Gasteiger partial charge >= 0.3 is 0 Å². The Morgan fingerprint density at radius 2 is 1.52 bits per heavy atom. The van der Waals surface area contributed by atoms with Crippen LogP contribution in [0.5, 0.6) is 0 Å². The monoisotopic (exact) mass is 471 g/mol. The fourth-order valence-electron chi connectivity index (χ4n) is 3.37. The van der Waals surface area contributed by atoms with Crippen molar-refractivity contribution in [2.45, 2.75) is 105 Å². The van der Waals surface area contributed by atoms with Gasteiger partial charge in [-0.15, -0.1) is 0 Å². The summed E-state index contributed by atoms with van der Waals surface area (Å²) in [5.74, 6) is 1.27. The zero-order valence-corrected chi connectivity index (χ0v) is 23.7. The van der Waals surface area contributed by atoms with Crippen molar-refractivity contribution in [1.82, 2.24) is 4.90 Å². The molecule has 0 aliphatic carbocycles. The summed E-state index contributed by atoms with van der Waals surface area (Å²) in [6, 6.07) is 0.729. The number of β-amino-alcohol motifs (C(OH)–C–C–N with tert-alkyl or cyclic N) is 1. The lowest BCUT2D eigenvalue weighted by atomic mass is 10.1. The molecular formula is C28H57NO4. The molecule has 0 radical (unpaired) electrons. The molecule has 33 heavy (non-hydrogen) atoms. The molecule has 1 saturated heterocycles. The van der Waals surface area contributed by atoms with Crippen molar-refractivity contribution in [2.75, 3.05) is 41.5 Å². The molecule has 198 valence electrons. The predicted octanol–water partition coefficient (Wildman–Crippen LogP) is 7.12. The Morgan fingerprint density at radius 3 is 1.85 bits per heavy atom. The van der Waals surface area contributed by atoms with Crippen molar-refractivity contribution in [2.24, 2.45) is 0 Å². The van der Waals surface area contributed by atoms with Gasteiger partial charge in [-0.05, 0) is 45.1 Å². The Bertz CT molecular complexity index is 480. The van der Waals surface area contributed by atoms with E-state index >= 15 is 0 Å². The summed E-state index contributed by atoms with van der Waals surface area (Å²) in [5, 5.41) is 9.44. The quantitative estimate of drug-likeness (QED) is 0.197. The van der Waals surface area contributed by atoms with Gasteiger partial charge in [-0.2, -0.15) is 0 Å². The normalized spacial score (nSPS) is 16.1. The Morgan fingerprint density at radius 1 is 1.00 bits per heavy atom. The minimum Gasteiger partial charge on any atom is -0.494 e. The second kappa shape index (κ2) is 26.9. The second-order valence-electron chi connectivity index (χ2n) is 8.35. The maximum Gasteiger partial charge on any atom is 0.156 e. The third-order valence-electron chi connectivity index (χ3n) is 4.86. The van der Waals surface area contributed by atoms with Crippen molar-refractivity contribution in [3.63, 3.8) is 0 Å².